The average molecular weight is 396 g/mol. The first kappa shape index (κ1) is 19.1. The summed E-state index contributed by atoms with van der Waals surface area (Å²) in [6.07, 6.45) is 0. The Hall–Kier alpha value is -2.69. The molecule has 0 saturated carbocycles. The molecule has 0 aromatic heterocycles. The SMILES string of the molecule is CN1/C(=C(\C#N)C(=O)COC(=O)CSc2ccccc2)Sc2ccccc21. The standard InChI is InChI=1S/C20H16N2O3S2/c1-22-16-9-5-6-10-18(16)27-20(22)15(11-21)17(23)12-25-19(24)13-26-14-7-3-2-4-8-14/h2-10H,12-13H2,1H3/b20-15-. The number of esters is 1. The van der Waals surface area contributed by atoms with E-state index in [-0.39, 0.29) is 11.3 Å². The number of nitriles is 1. The number of benzene rings is 2. The molecule has 0 unspecified atom stereocenters. The summed E-state index contributed by atoms with van der Waals surface area (Å²) in [6, 6.07) is 19.1. The van der Waals surface area contributed by atoms with Crippen LogP contribution in [0.2, 0.25) is 0 Å². The van der Waals surface area contributed by atoms with Gasteiger partial charge < -0.3 is 9.64 Å². The van der Waals surface area contributed by atoms with Gasteiger partial charge in [0.05, 0.1) is 11.4 Å². The molecule has 5 nitrogen and oxygen atoms in total. The summed E-state index contributed by atoms with van der Waals surface area (Å²) < 4.78 is 5.06. The molecule has 1 aliphatic rings. The highest BCUT2D eigenvalue weighted by Crippen LogP contribution is 2.46. The Morgan fingerprint density at radius 1 is 1.15 bits per heavy atom. The number of nitrogens with zero attached hydrogens (tertiary/aromatic N) is 2. The minimum atomic E-state index is -0.502. The molecule has 7 heteroatoms. The van der Waals surface area contributed by atoms with Crippen LogP contribution in [0.25, 0.3) is 0 Å². The second-order valence-corrected chi connectivity index (χ2v) is 7.69. The molecule has 27 heavy (non-hydrogen) atoms. The van der Waals surface area contributed by atoms with Crippen molar-refractivity contribution in [2.45, 2.75) is 9.79 Å². The lowest BCUT2D eigenvalue weighted by molar-refractivity contribution is -0.144. The first-order chi connectivity index (χ1) is 13.1. The maximum absolute atomic E-state index is 12.4. The maximum atomic E-state index is 12.4. The van der Waals surface area contributed by atoms with Crippen LogP contribution in [0.15, 0.2) is 75.0 Å². The van der Waals surface area contributed by atoms with Crippen molar-refractivity contribution in [3.05, 3.63) is 65.2 Å². The fraction of sp³-hybridized carbons (Fsp3) is 0.150. The van der Waals surface area contributed by atoms with Crippen LogP contribution in [-0.4, -0.2) is 31.2 Å². The van der Waals surface area contributed by atoms with Crippen LogP contribution in [0.3, 0.4) is 0 Å². The third-order valence-electron chi connectivity index (χ3n) is 3.81. The molecule has 0 aliphatic carbocycles. The van der Waals surface area contributed by atoms with Crippen LogP contribution < -0.4 is 4.90 Å². The van der Waals surface area contributed by atoms with Crippen LogP contribution in [0.4, 0.5) is 5.69 Å². The topological polar surface area (TPSA) is 70.4 Å². The quantitative estimate of drug-likeness (QED) is 0.318. The summed E-state index contributed by atoms with van der Waals surface area (Å²) in [7, 11) is 1.81. The minimum absolute atomic E-state index is 0.00205. The highest BCUT2D eigenvalue weighted by atomic mass is 32.2. The van der Waals surface area contributed by atoms with Gasteiger partial charge >= 0.3 is 5.97 Å². The average Bonchev–Trinajstić information content (AvgIpc) is 3.03. The summed E-state index contributed by atoms with van der Waals surface area (Å²) in [6.45, 7) is -0.439. The monoisotopic (exact) mass is 396 g/mol. The third kappa shape index (κ3) is 4.54. The van der Waals surface area contributed by atoms with Gasteiger partial charge in [0.25, 0.3) is 0 Å². The van der Waals surface area contributed by atoms with E-state index in [1.807, 2.05) is 65.6 Å². The molecule has 0 radical (unpaired) electrons. The fourth-order valence-electron chi connectivity index (χ4n) is 2.47. The highest BCUT2D eigenvalue weighted by molar-refractivity contribution is 8.03. The van der Waals surface area contributed by atoms with Crippen molar-refractivity contribution < 1.29 is 14.3 Å². The fourth-order valence-corrected chi connectivity index (χ4v) is 4.35. The Balaban J connectivity index is 1.60. The normalized spacial score (nSPS) is 14.3. The lowest BCUT2D eigenvalue weighted by Gasteiger charge is -2.14. The molecule has 0 saturated heterocycles. The van der Waals surface area contributed by atoms with Gasteiger partial charge in [-0.3, -0.25) is 9.59 Å². The molecule has 0 bridgehead atoms. The first-order valence-corrected chi connectivity index (χ1v) is 9.92. The number of carbonyl (C=O) groups excluding carboxylic acids is 2. The number of Topliss-reactive ketones (excluding diaryl/α,β-unsaturated/α-hetero) is 1. The minimum Gasteiger partial charge on any atom is -0.457 e. The van der Waals surface area contributed by atoms with Crippen LogP contribution >= 0.6 is 23.5 Å². The lowest BCUT2D eigenvalue weighted by atomic mass is 10.2. The van der Waals surface area contributed by atoms with E-state index in [0.717, 1.165) is 15.5 Å². The number of hydrogen-bond acceptors (Lipinski definition) is 7. The molecular weight excluding hydrogens is 380 g/mol. The van der Waals surface area contributed by atoms with Crippen LogP contribution in [-0.2, 0) is 14.3 Å². The number of carbonyl (C=O) groups is 2. The molecule has 0 atom stereocenters. The first-order valence-electron chi connectivity index (χ1n) is 8.12. The van der Waals surface area contributed by atoms with Crippen molar-refractivity contribution in [3.63, 3.8) is 0 Å². The predicted molar refractivity (Wildman–Crippen MR) is 106 cm³/mol. The van der Waals surface area contributed by atoms with Gasteiger partial charge in [-0.05, 0) is 24.3 Å². The molecule has 0 fully saturated rings. The van der Waals surface area contributed by atoms with E-state index in [1.165, 1.54) is 23.5 Å². The molecule has 2 aromatic carbocycles. The summed E-state index contributed by atoms with van der Waals surface area (Å²) >= 11 is 2.70. The van der Waals surface area contributed by atoms with Crippen molar-refractivity contribution in [2.24, 2.45) is 0 Å². The van der Waals surface area contributed by atoms with Crippen LogP contribution in [0.5, 0.6) is 0 Å². The second kappa shape index (κ2) is 8.80. The van der Waals surface area contributed by atoms with E-state index in [9.17, 15) is 14.9 Å². The maximum Gasteiger partial charge on any atom is 0.316 e. The van der Waals surface area contributed by atoms with Crippen LogP contribution in [0.1, 0.15) is 0 Å². The van der Waals surface area contributed by atoms with Gasteiger partial charge in [0.15, 0.2) is 6.61 Å². The molecular formula is C20H16N2O3S2. The molecule has 1 heterocycles. The summed E-state index contributed by atoms with van der Waals surface area (Å²) in [5.74, 6) is -0.886. The molecule has 2 aromatic rings. The molecule has 1 aliphatic heterocycles. The molecule has 3 rings (SSSR count). The van der Waals surface area contributed by atoms with E-state index in [2.05, 4.69) is 0 Å². The number of ketones is 1. The number of hydrogen-bond donors (Lipinski definition) is 0. The Bertz CT molecular complexity index is 936. The summed E-state index contributed by atoms with van der Waals surface area (Å²) in [4.78, 5) is 28.1. The number of thioether (sulfide) groups is 2. The summed E-state index contributed by atoms with van der Waals surface area (Å²) in [5, 5.41) is 10.0. The highest BCUT2D eigenvalue weighted by Gasteiger charge is 2.28. The molecule has 0 spiro atoms. The van der Waals surface area contributed by atoms with Crippen LogP contribution in [0, 0.1) is 11.3 Å². The Kier molecular flexibility index (Phi) is 6.22. The smallest absolute Gasteiger partial charge is 0.316 e. The number of ether oxygens (including phenoxy) is 1. The van der Waals surface area contributed by atoms with Crippen molar-refractivity contribution in [1.82, 2.24) is 0 Å². The van der Waals surface area contributed by atoms with Gasteiger partial charge in [-0.2, -0.15) is 5.26 Å². The van der Waals surface area contributed by atoms with E-state index in [1.54, 1.807) is 7.05 Å². The largest absolute Gasteiger partial charge is 0.457 e. The van der Waals surface area contributed by atoms with Gasteiger partial charge in [-0.25, -0.2) is 0 Å². The Morgan fingerprint density at radius 3 is 2.56 bits per heavy atom. The van der Waals surface area contributed by atoms with Gasteiger partial charge in [0, 0.05) is 16.8 Å². The number of para-hydroxylation sites is 1. The lowest BCUT2D eigenvalue weighted by Crippen LogP contribution is -2.20. The van der Waals surface area contributed by atoms with Gasteiger partial charge in [-0.15, -0.1) is 11.8 Å². The number of rotatable bonds is 6. The van der Waals surface area contributed by atoms with Gasteiger partial charge in [0.1, 0.15) is 16.7 Å². The Labute approximate surface area is 166 Å². The van der Waals surface area contributed by atoms with Gasteiger partial charge in [-0.1, -0.05) is 42.1 Å². The summed E-state index contributed by atoms with van der Waals surface area (Å²) in [5.41, 5.74) is 0.941. The molecule has 0 N–H and O–H groups in total. The van der Waals surface area contributed by atoms with Gasteiger partial charge in [0.2, 0.25) is 5.78 Å². The zero-order valence-electron chi connectivity index (χ0n) is 14.5. The van der Waals surface area contributed by atoms with Crippen molar-refractivity contribution in [2.75, 3.05) is 24.3 Å². The van der Waals surface area contributed by atoms with E-state index in [4.69, 9.17) is 4.74 Å². The zero-order chi connectivity index (χ0) is 19.2. The van der Waals surface area contributed by atoms with E-state index < -0.39 is 18.4 Å². The number of anilines is 1. The predicted octanol–water partition coefficient (Wildman–Crippen LogP) is 3.87. The van der Waals surface area contributed by atoms with E-state index in [0.29, 0.717) is 5.03 Å². The van der Waals surface area contributed by atoms with Crippen molar-refractivity contribution in [1.29, 1.82) is 5.26 Å². The molecule has 0 amide bonds. The third-order valence-corrected chi connectivity index (χ3v) is 6.03. The van der Waals surface area contributed by atoms with E-state index >= 15 is 0 Å². The van der Waals surface area contributed by atoms with Crippen molar-refractivity contribution in [3.8, 4) is 6.07 Å². The Morgan fingerprint density at radius 2 is 1.85 bits per heavy atom. The second-order valence-electron chi connectivity index (χ2n) is 5.61. The molecule has 136 valence electrons. The van der Waals surface area contributed by atoms with Crippen molar-refractivity contribution >= 4 is 41.0 Å². The number of fused-ring (bicyclic) bond motifs is 1. The zero-order valence-corrected chi connectivity index (χ0v) is 16.2.